The van der Waals surface area contributed by atoms with Crippen molar-refractivity contribution in [2.45, 2.75) is 24.2 Å². The van der Waals surface area contributed by atoms with Crippen molar-refractivity contribution in [2.75, 3.05) is 6.61 Å². The summed E-state index contributed by atoms with van der Waals surface area (Å²) in [7, 11) is 0. The highest BCUT2D eigenvalue weighted by Crippen LogP contribution is 2.09. The average molecular weight is 200 g/mol. The van der Waals surface area contributed by atoms with Crippen molar-refractivity contribution >= 4 is 29.2 Å². The summed E-state index contributed by atoms with van der Waals surface area (Å²) in [6.45, 7) is 2.03. The van der Waals surface area contributed by atoms with Gasteiger partial charge in [0.25, 0.3) is 0 Å². The first-order valence-corrected chi connectivity index (χ1v) is 4.15. The van der Waals surface area contributed by atoms with Crippen molar-refractivity contribution in [3.8, 4) is 0 Å². The summed E-state index contributed by atoms with van der Waals surface area (Å²) in [5.41, 5.74) is 5.36. The minimum absolute atomic E-state index is 0.224. The lowest BCUT2D eigenvalue weighted by Gasteiger charge is -2.09. The van der Waals surface area contributed by atoms with Gasteiger partial charge in [-0.25, -0.2) is 0 Å². The molecule has 0 rings (SSSR count). The number of hydrogen-bond donors (Lipinski definition) is 1. The molecular weight excluding hydrogens is 189 g/mol. The van der Waals surface area contributed by atoms with Gasteiger partial charge >= 0.3 is 5.97 Å². The van der Waals surface area contributed by atoms with Gasteiger partial charge in [-0.3, -0.25) is 4.79 Å². The molecule has 0 aromatic heterocycles. The second-order valence-corrected chi connectivity index (χ2v) is 3.26. The van der Waals surface area contributed by atoms with Gasteiger partial charge in [0.05, 0.1) is 6.61 Å². The van der Waals surface area contributed by atoms with Gasteiger partial charge in [-0.15, -0.1) is 23.2 Å². The molecule has 1 unspecified atom stereocenters. The summed E-state index contributed by atoms with van der Waals surface area (Å²) in [6, 6.07) is -0.713. The Kier molecular flexibility index (Phi) is 5.64. The first-order chi connectivity index (χ1) is 5.07. The van der Waals surface area contributed by atoms with E-state index < -0.39 is 16.8 Å². The number of nitrogens with two attached hydrogens (primary N) is 1. The minimum Gasteiger partial charge on any atom is -0.465 e. The molecule has 0 fully saturated rings. The van der Waals surface area contributed by atoms with Gasteiger partial charge in [-0.05, 0) is 6.92 Å². The van der Waals surface area contributed by atoms with Crippen LogP contribution in [-0.2, 0) is 9.53 Å². The fraction of sp³-hybridized carbons (Fsp3) is 0.833. The van der Waals surface area contributed by atoms with E-state index in [4.69, 9.17) is 28.9 Å². The molecular formula is C6H11Cl2NO2. The zero-order chi connectivity index (χ0) is 8.85. The van der Waals surface area contributed by atoms with Gasteiger partial charge in [0, 0.05) is 6.42 Å². The first-order valence-electron chi connectivity index (χ1n) is 3.28. The molecule has 66 valence electrons. The van der Waals surface area contributed by atoms with Crippen LogP contribution in [0.5, 0.6) is 0 Å². The Bertz CT molecular complexity index is 130. The van der Waals surface area contributed by atoms with Gasteiger partial charge in [-0.1, -0.05) is 0 Å². The molecule has 0 amide bonds. The molecule has 0 radical (unpaired) electrons. The third kappa shape index (κ3) is 5.30. The van der Waals surface area contributed by atoms with Crippen LogP contribution < -0.4 is 5.73 Å². The van der Waals surface area contributed by atoms with Crippen molar-refractivity contribution in [2.24, 2.45) is 5.73 Å². The van der Waals surface area contributed by atoms with Gasteiger partial charge in [-0.2, -0.15) is 0 Å². The van der Waals surface area contributed by atoms with Gasteiger partial charge in [0.1, 0.15) is 10.9 Å². The van der Waals surface area contributed by atoms with E-state index >= 15 is 0 Å². The molecule has 2 N–H and O–H groups in total. The zero-order valence-electron chi connectivity index (χ0n) is 6.22. The lowest BCUT2D eigenvalue weighted by molar-refractivity contribution is -0.144. The Morgan fingerprint density at radius 3 is 2.55 bits per heavy atom. The maximum Gasteiger partial charge on any atom is 0.322 e. The number of ether oxygens (including phenoxy) is 1. The van der Waals surface area contributed by atoms with Gasteiger partial charge in [0.15, 0.2) is 0 Å². The van der Waals surface area contributed by atoms with E-state index in [1.165, 1.54) is 0 Å². The topological polar surface area (TPSA) is 52.3 Å². The number of carbonyl (C=O) groups is 1. The quantitative estimate of drug-likeness (QED) is 0.545. The maximum atomic E-state index is 10.8. The Labute approximate surface area is 75.8 Å². The van der Waals surface area contributed by atoms with Crippen LogP contribution in [0.1, 0.15) is 13.3 Å². The second-order valence-electron chi connectivity index (χ2n) is 1.99. The maximum absolute atomic E-state index is 10.8. The standard InChI is InChI=1S/C6H11Cl2NO2/c1-2-11-6(10)4(9)3-5(7)8/h4-5H,2-3,9H2,1H3. The average Bonchev–Trinajstić information content (AvgIpc) is 1.86. The van der Waals surface area contributed by atoms with E-state index in [1.54, 1.807) is 6.92 Å². The molecule has 3 nitrogen and oxygen atoms in total. The highest BCUT2D eigenvalue weighted by atomic mass is 35.5. The third-order valence-corrected chi connectivity index (χ3v) is 1.38. The van der Waals surface area contributed by atoms with E-state index in [0.29, 0.717) is 6.61 Å². The molecule has 1 atom stereocenters. The molecule has 0 aromatic rings. The number of rotatable bonds is 4. The largest absolute Gasteiger partial charge is 0.465 e. The fourth-order valence-corrected chi connectivity index (χ4v) is 0.921. The Balaban J connectivity index is 3.64. The molecule has 11 heavy (non-hydrogen) atoms. The fourth-order valence-electron chi connectivity index (χ4n) is 0.537. The molecule has 0 spiro atoms. The molecule has 0 bridgehead atoms. The molecule has 0 aliphatic heterocycles. The summed E-state index contributed by atoms with van der Waals surface area (Å²) in [5, 5.41) is 0. The monoisotopic (exact) mass is 199 g/mol. The third-order valence-electron chi connectivity index (χ3n) is 1.02. The smallest absolute Gasteiger partial charge is 0.322 e. The van der Waals surface area contributed by atoms with E-state index in [-0.39, 0.29) is 6.42 Å². The van der Waals surface area contributed by atoms with Crippen LogP contribution >= 0.6 is 23.2 Å². The molecule has 0 aliphatic carbocycles. The van der Waals surface area contributed by atoms with Gasteiger partial charge < -0.3 is 10.5 Å². The molecule has 0 heterocycles. The minimum atomic E-state index is -0.713. The highest BCUT2D eigenvalue weighted by Gasteiger charge is 2.17. The summed E-state index contributed by atoms with van der Waals surface area (Å²) in [6.07, 6.45) is 0.224. The second kappa shape index (κ2) is 5.63. The summed E-state index contributed by atoms with van der Waals surface area (Å²) in [4.78, 5) is 10.2. The predicted molar refractivity (Wildman–Crippen MR) is 44.7 cm³/mol. The first kappa shape index (κ1) is 11.0. The van der Waals surface area contributed by atoms with Crippen molar-refractivity contribution in [1.29, 1.82) is 0 Å². The molecule has 5 heteroatoms. The van der Waals surface area contributed by atoms with E-state index in [0.717, 1.165) is 0 Å². The predicted octanol–water partition coefficient (Wildman–Crippen LogP) is 1.07. The molecule has 0 saturated heterocycles. The van der Waals surface area contributed by atoms with E-state index in [1.807, 2.05) is 0 Å². The number of alkyl halides is 2. The van der Waals surface area contributed by atoms with Crippen LogP contribution in [0.4, 0.5) is 0 Å². The van der Waals surface area contributed by atoms with E-state index in [2.05, 4.69) is 4.74 Å². The van der Waals surface area contributed by atoms with Crippen molar-refractivity contribution in [1.82, 2.24) is 0 Å². The Morgan fingerprint density at radius 1 is 1.64 bits per heavy atom. The van der Waals surface area contributed by atoms with Crippen molar-refractivity contribution < 1.29 is 9.53 Å². The summed E-state index contributed by atoms with van der Waals surface area (Å²) >= 11 is 10.8. The van der Waals surface area contributed by atoms with Crippen LogP contribution in [-0.4, -0.2) is 23.5 Å². The molecule has 0 aromatic carbocycles. The van der Waals surface area contributed by atoms with Crippen LogP contribution in [0.15, 0.2) is 0 Å². The number of esters is 1. The molecule has 0 aliphatic rings. The summed E-state index contributed by atoms with van der Waals surface area (Å²) in [5.74, 6) is -0.459. The number of carbonyl (C=O) groups excluding carboxylic acids is 1. The van der Waals surface area contributed by atoms with Crippen LogP contribution in [0, 0.1) is 0 Å². The number of halogens is 2. The van der Waals surface area contributed by atoms with Crippen molar-refractivity contribution in [3.05, 3.63) is 0 Å². The Morgan fingerprint density at radius 2 is 2.18 bits per heavy atom. The lowest BCUT2D eigenvalue weighted by atomic mass is 10.2. The zero-order valence-corrected chi connectivity index (χ0v) is 7.73. The normalized spacial score (nSPS) is 13.2. The van der Waals surface area contributed by atoms with Crippen molar-refractivity contribution in [3.63, 3.8) is 0 Å². The SMILES string of the molecule is CCOC(=O)C(N)CC(Cl)Cl. The van der Waals surface area contributed by atoms with Crippen LogP contribution in [0.25, 0.3) is 0 Å². The lowest BCUT2D eigenvalue weighted by Crippen LogP contribution is -2.33. The van der Waals surface area contributed by atoms with Gasteiger partial charge in [0.2, 0.25) is 0 Å². The molecule has 0 saturated carbocycles. The Hall–Kier alpha value is 0.01000. The highest BCUT2D eigenvalue weighted by molar-refractivity contribution is 6.44. The van der Waals surface area contributed by atoms with E-state index in [9.17, 15) is 4.79 Å². The summed E-state index contributed by atoms with van der Waals surface area (Å²) < 4.78 is 4.62. The van der Waals surface area contributed by atoms with Crippen LogP contribution in [0.2, 0.25) is 0 Å². The number of hydrogen-bond acceptors (Lipinski definition) is 3. The van der Waals surface area contributed by atoms with Crippen LogP contribution in [0.3, 0.4) is 0 Å².